The number of nitrogens with zero attached hydrogens (tertiary/aromatic N) is 2. The van der Waals surface area contributed by atoms with Crippen molar-refractivity contribution in [2.75, 3.05) is 0 Å². The summed E-state index contributed by atoms with van der Waals surface area (Å²) in [5, 5.41) is 5.02. The second kappa shape index (κ2) is 15.0. The lowest BCUT2D eigenvalue weighted by molar-refractivity contribution is 0.448. The molecule has 5 aromatic rings. The van der Waals surface area contributed by atoms with Crippen molar-refractivity contribution < 1.29 is 0 Å². The van der Waals surface area contributed by atoms with Gasteiger partial charge in [-0.2, -0.15) is 0 Å². The summed E-state index contributed by atoms with van der Waals surface area (Å²) >= 11 is 0. The monoisotopic (exact) mass is 622 g/mol. The predicted octanol–water partition coefficient (Wildman–Crippen LogP) is 8.79. The van der Waals surface area contributed by atoms with Crippen LogP contribution in [0.25, 0.3) is 43.1 Å². The average molecular weight is 623 g/mol. The lowest BCUT2D eigenvalue weighted by atomic mass is 10.00. The van der Waals surface area contributed by atoms with Crippen LogP contribution in [0, 0.1) is 11.8 Å². The lowest BCUT2D eigenvalue weighted by Crippen LogP contribution is -2.26. The highest BCUT2D eigenvalue weighted by molar-refractivity contribution is 6.08. The molecule has 6 nitrogen and oxygen atoms in total. The highest BCUT2D eigenvalue weighted by Gasteiger charge is 2.18. The van der Waals surface area contributed by atoms with Crippen molar-refractivity contribution in [2.24, 2.45) is 11.8 Å². The van der Waals surface area contributed by atoms with E-state index in [1.165, 1.54) is 20.3 Å². The molecule has 0 N–H and O–H groups in total. The summed E-state index contributed by atoms with van der Waals surface area (Å²) in [6.45, 7) is 17.5. The Labute approximate surface area is 271 Å². The molecule has 0 fully saturated rings. The topological polar surface area (TPSA) is 78.1 Å². The molecule has 2 aromatic heterocycles. The molecule has 0 radical (unpaired) electrons. The molecule has 0 spiro atoms. The van der Waals surface area contributed by atoms with E-state index >= 15 is 0 Å². The molecule has 0 aliphatic carbocycles. The molecule has 0 amide bonds. The summed E-state index contributed by atoms with van der Waals surface area (Å²) in [6, 6.07) is 11.1. The van der Waals surface area contributed by atoms with Gasteiger partial charge in [-0.15, -0.1) is 0 Å². The summed E-state index contributed by atoms with van der Waals surface area (Å²) in [5.41, 5.74) is 1.61. The molecule has 3 aromatic carbocycles. The van der Waals surface area contributed by atoms with Crippen LogP contribution in [0.5, 0.6) is 0 Å². The van der Waals surface area contributed by atoms with Gasteiger partial charge in [0.15, 0.2) is 0 Å². The van der Waals surface area contributed by atoms with Gasteiger partial charge in [0, 0.05) is 13.1 Å². The van der Waals surface area contributed by atoms with Gasteiger partial charge in [-0.25, -0.2) is 0 Å². The average Bonchev–Trinajstić information content (AvgIpc) is 3.38. The van der Waals surface area contributed by atoms with Gasteiger partial charge in [0.05, 0.1) is 21.5 Å². The molecule has 2 heterocycles. The first-order chi connectivity index (χ1) is 21.9. The first kappa shape index (κ1) is 34.8. The zero-order valence-corrected chi connectivity index (χ0v) is 29.0. The number of hydrogen-bond donors (Lipinski definition) is 0. The van der Waals surface area contributed by atoms with Crippen LogP contribution in [0.4, 0.5) is 0 Å². The Morgan fingerprint density at radius 1 is 0.522 bits per heavy atom. The molecule has 0 aliphatic heterocycles. The van der Waals surface area contributed by atoms with Crippen molar-refractivity contribution in [3.63, 3.8) is 0 Å². The lowest BCUT2D eigenvalue weighted by Gasteiger charge is -2.09. The minimum atomic E-state index is -0.246. The van der Waals surface area contributed by atoms with E-state index in [0.717, 1.165) is 60.1 Å². The third-order valence-electron chi connectivity index (χ3n) is 9.09. The SMILES string of the molecule is CC.CC(C)=CCCC(C)CCn1c(=O)c2cc3cc4cc5c(=O)n(CCC(C)CCC=C(C)C)c(=O)c5cc4cc3cc2c1=O. The Balaban J connectivity index is 0.00000235. The molecular formula is C40H50N2O4. The molecule has 6 heteroatoms. The van der Waals surface area contributed by atoms with Crippen molar-refractivity contribution >= 4 is 43.1 Å². The fourth-order valence-electron chi connectivity index (χ4n) is 6.28. The van der Waals surface area contributed by atoms with Gasteiger partial charge < -0.3 is 0 Å². The molecular weight excluding hydrogens is 572 g/mol. The van der Waals surface area contributed by atoms with E-state index in [1.807, 2.05) is 26.0 Å². The van der Waals surface area contributed by atoms with Crippen LogP contribution in [0.15, 0.2) is 78.9 Å². The number of rotatable bonds is 12. The number of fused-ring (bicyclic) bond motifs is 4. The molecule has 5 rings (SSSR count). The van der Waals surface area contributed by atoms with Crippen LogP contribution in [0.3, 0.4) is 0 Å². The molecule has 46 heavy (non-hydrogen) atoms. The highest BCUT2D eigenvalue weighted by Crippen LogP contribution is 2.28. The molecule has 0 bridgehead atoms. The molecule has 2 unspecified atom stereocenters. The maximum atomic E-state index is 13.3. The second-order valence-corrected chi connectivity index (χ2v) is 13.4. The van der Waals surface area contributed by atoms with Crippen molar-refractivity contribution in [2.45, 2.75) is 107 Å². The van der Waals surface area contributed by atoms with Crippen LogP contribution < -0.4 is 22.2 Å². The zero-order chi connectivity index (χ0) is 33.7. The van der Waals surface area contributed by atoms with Gasteiger partial charge in [0.2, 0.25) is 0 Å². The standard InChI is InChI=1S/C38H44N2O4.C2H6/c1-23(2)9-7-11-25(5)13-15-39-35(41)31-19-27-17-29-21-33-34(22-30(29)18-28(27)20-32(31)36(39)42)38(44)40(37(33)43)16-14-26(6)12-8-10-24(3)4;1-2/h9-10,17-22,25-26H,7-8,11-16H2,1-6H3;1-2H3. The Hall–Kier alpha value is -4.06. The number of benzene rings is 3. The predicted molar refractivity (Wildman–Crippen MR) is 196 cm³/mol. The molecule has 0 saturated heterocycles. The van der Waals surface area contributed by atoms with E-state index in [2.05, 4.69) is 53.7 Å². The van der Waals surface area contributed by atoms with Crippen LogP contribution in [0.2, 0.25) is 0 Å². The van der Waals surface area contributed by atoms with Crippen molar-refractivity contribution in [3.05, 3.63) is 101 Å². The summed E-state index contributed by atoms with van der Waals surface area (Å²) in [7, 11) is 0. The van der Waals surface area contributed by atoms with Crippen LogP contribution in [-0.2, 0) is 13.1 Å². The fraction of sp³-hybridized carbons (Fsp3) is 0.450. The third kappa shape index (κ3) is 7.49. The molecule has 0 saturated carbocycles. The van der Waals surface area contributed by atoms with Gasteiger partial charge in [-0.1, -0.05) is 51.0 Å². The van der Waals surface area contributed by atoms with Crippen molar-refractivity contribution in [1.82, 2.24) is 9.13 Å². The fourth-order valence-corrected chi connectivity index (χ4v) is 6.28. The maximum Gasteiger partial charge on any atom is 0.261 e. The van der Waals surface area contributed by atoms with Gasteiger partial charge >= 0.3 is 0 Å². The largest absolute Gasteiger partial charge is 0.274 e. The van der Waals surface area contributed by atoms with Crippen LogP contribution in [-0.4, -0.2) is 9.13 Å². The van der Waals surface area contributed by atoms with Crippen LogP contribution in [0.1, 0.15) is 93.9 Å². The minimum absolute atomic E-state index is 0.246. The highest BCUT2D eigenvalue weighted by atomic mass is 16.2. The van der Waals surface area contributed by atoms with Crippen molar-refractivity contribution in [1.29, 1.82) is 0 Å². The Morgan fingerprint density at radius 3 is 1.07 bits per heavy atom. The third-order valence-corrected chi connectivity index (χ3v) is 9.09. The zero-order valence-electron chi connectivity index (χ0n) is 29.0. The molecule has 0 aliphatic rings. The number of aromatic nitrogens is 2. The van der Waals surface area contributed by atoms with Gasteiger partial charge in [-0.05, 0) is 136 Å². The Morgan fingerprint density at radius 2 is 0.804 bits per heavy atom. The van der Waals surface area contributed by atoms with E-state index < -0.39 is 0 Å². The minimum Gasteiger partial charge on any atom is -0.274 e. The number of hydrogen-bond acceptors (Lipinski definition) is 4. The van der Waals surface area contributed by atoms with Crippen molar-refractivity contribution in [3.8, 4) is 0 Å². The van der Waals surface area contributed by atoms with Crippen LogP contribution >= 0.6 is 0 Å². The first-order valence-electron chi connectivity index (χ1n) is 17.0. The number of allylic oxidation sites excluding steroid dienone is 4. The van der Waals surface area contributed by atoms with Gasteiger partial charge in [-0.3, -0.25) is 28.3 Å². The van der Waals surface area contributed by atoms with E-state index in [1.54, 1.807) is 24.3 Å². The van der Waals surface area contributed by atoms with E-state index in [9.17, 15) is 19.2 Å². The maximum absolute atomic E-state index is 13.3. The van der Waals surface area contributed by atoms with Gasteiger partial charge in [0.25, 0.3) is 22.2 Å². The summed E-state index contributed by atoms with van der Waals surface area (Å²) in [5.74, 6) is 0.803. The summed E-state index contributed by atoms with van der Waals surface area (Å²) in [4.78, 5) is 53.2. The Kier molecular flexibility index (Phi) is 11.4. The first-order valence-corrected chi connectivity index (χ1v) is 17.0. The van der Waals surface area contributed by atoms with E-state index in [-0.39, 0.29) is 22.2 Å². The summed E-state index contributed by atoms with van der Waals surface area (Å²) in [6.07, 6.45) is 10.0. The smallest absolute Gasteiger partial charge is 0.261 e. The molecule has 244 valence electrons. The molecule has 2 atom stereocenters. The normalized spacial score (nSPS) is 12.8. The Bertz CT molecular complexity index is 1860. The quantitative estimate of drug-likeness (QED) is 0.103. The summed E-state index contributed by atoms with van der Waals surface area (Å²) < 4.78 is 2.76. The van der Waals surface area contributed by atoms with E-state index in [0.29, 0.717) is 46.5 Å². The van der Waals surface area contributed by atoms with Gasteiger partial charge in [0.1, 0.15) is 0 Å². The van der Waals surface area contributed by atoms with E-state index in [4.69, 9.17) is 0 Å². The second-order valence-electron chi connectivity index (χ2n) is 13.4.